The third-order valence-corrected chi connectivity index (χ3v) is 2.69. The van der Waals surface area contributed by atoms with Crippen molar-refractivity contribution in [3.05, 3.63) is 59.4 Å². The smallest absolute Gasteiger partial charge is 0.338 e. The number of hydrogen-bond acceptors (Lipinski definition) is 3. The van der Waals surface area contributed by atoms with Gasteiger partial charge in [-0.1, -0.05) is 17.7 Å². The summed E-state index contributed by atoms with van der Waals surface area (Å²) >= 11 is 0. The zero-order valence-corrected chi connectivity index (χ0v) is 11.4. The third-order valence-electron chi connectivity index (χ3n) is 2.69. The number of halogens is 1. The van der Waals surface area contributed by atoms with Gasteiger partial charge in [0, 0.05) is 0 Å². The van der Waals surface area contributed by atoms with Crippen LogP contribution in [0, 0.1) is 12.7 Å². The molecule has 0 amide bonds. The van der Waals surface area contributed by atoms with Crippen LogP contribution in [-0.2, 0) is 4.74 Å². The first-order valence-corrected chi connectivity index (χ1v) is 6.31. The van der Waals surface area contributed by atoms with Crippen LogP contribution in [0.5, 0.6) is 11.5 Å². The molecule has 0 aliphatic heterocycles. The lowest BCUT2D eigenvalue weighted by Crippen LogP contribution is -2.05. The SMILES string of the molecule is CCOC(=O)c1ccc(Oc2ccc(C)cc2)c(F)c1. The largest absolute Gasteiger partial charge is 0.462 e. The van der Waals surface area contributed by atoms with Crippen molar-refractivity contribution in [3.8, 4) is 11.5 Å². The average molecular weight is 274 g/mol. The van der Waals surface area contributed by atoms with Gasteiger partial charge in [0.2, 0.25) is 0 Å². The highest BCUT2D eigenvalue weighted by atomic mass is 19.1. The molecule has 0 spiro atoms. The lowest BCUT2D eigenvalue weighted by atomic mass is 10.2. The van der Waals surface area contributed by atoms with Gasteiger partial charge in [-0.3, -0.25) is 0 Å². The molecule has 0 aromatic heterocycles. The fraction of sp³-hybridized carbons (Fsp3) is 0.188. The molecule has 0 aliphatic carbocycles. The molecule has 104 valence electrons. The van der Waals surface area contributed by atoms with Crippen molar-refractivity contribution in [3.63, 3.8) is 0 Å². The molecule has 0 aliphatic rings. The molecule has 0 bridgehead atoms. The summed E-state index contributed by atoms with van der Waals surface area (Å²) in [7, 11) is 0. The Hall–Kier alpha value is -2.36. The Labute approximate surface area is 117 Å². The highest BCUT2D eigenvalue weighted by Crippen LogP contribution is 2.25. The minimum absolute atomic E-state index is 0.0712. The van der Waals surface area contributed by atoms with Gasteiger partial charge in [-0.05, 0) is 44.2 Å². The number of carbonyl (C=O) groups is 1. The summed E-state index contributed by atoms with van der Waals surface area (Å²) in [5, 5.41) is 0. The molecule has 0 saturated heterocycles. The Balaban J connectivity index is 2.17. The summed E-state index contributed by atoms with van der Waals surface area (Å²) < 4.78 is 24.1. The lowest BCUT2D eigenvalue weighted by molar-refractivity contribution is 0.0526. The van der Waals surface area contributed by atoms with E-state index in [9.17, 15) is 9.18 Å². The van der Waals surface area contributed by atoms with E-state index in [-0.39, 0.29) is 17.9 Å². The van der Waals surface area contributed by atoms with Crippen molar-refractivity contribution < 1.29 is 18.7 Å². The third kappa shape index (κ3) is 3.35. The Kier molecular flexibility index (Phi) is 4.35. The molecule has 2 aromatic rings. The Bertz CT molecular complexity index is 606. The average Bonchev–Trinajstić information content (AvgIpc) is 2.43. The maximum atomic E-state index is 13.9. The second-order valence-corrected chi connectivity index (χ2v) is 4.28. The van der Waals surface area contributed by atoms with Gasteiger partial charge in [-0.2, -0.15) is 0 Å². The number of hydrogen-bond donors (Lipinski definition) is 0. The predicted molar refractivity (Wildman–Crippen MR) is 73.6 cm³/mol. The van der Waals surface area contributed by atoms with Crippen LogP contribution in [0.25, 0.3) is 0 Å². The van der Waals surface area contributed by atoms with Gasteiger partial charge >= 0.3 is 5.97 Å². The molecule has 4 heteroatoms. The van der Waals surface area contributed by atoms with Gasteiger partial charge < -0.3 is 9.47 Å². The van der Waals surface area contributed by atoms with E-state index >= 15 is 0 Å². The zero-order valence-electron chi connectivity index (χ0n) is 11.4. The standard InChI is InChI=1S/C16H15FO3/c1-3-19-16(18)12-6-9-15(14(17)10-12)20-13-7-4-11(2)5-8-13/h4-10H,3H2,1-2H3. The second-order valence-electron chi connectivity index (χ2n) is 4.28. The molecule has 3 nitrogen and oxygen atoms in total. The van der Waals surface area contributed by atoms with Crippen molar-refractivity contribution >= 4 is 5.97 Å². The highest BCUT2D eigenvalue weighted by molar-refractivity contribution is 5.89. The minimum atomic E-state index is -0.601. The van der Waals surface area contributed by atoms with E-state index < -0.39 is 11.8 Å². The van der Waals surface area contributed by atoms with Crippen molar-refractivity contribution in [2.45, 2.75) is 13.8 Å². The van der Waals surface area contributed by atoms with Crippen LogP contribution in [0.1, 0.15) is 22.8 Å². The number of esters is 1. The van der Waals surface area contributed by atoms with E-state index in [0.717, 1.165) is 11.6 Å². The quantitative estimate of drug-likeness (QED) is 0.787. The van der Waals surface area contributed by atoms with Crippen LogP contribution in [0.4, 0.5) is 4.39 Å². The van der Waals surface area contributed by atoms with Crippen LogP contribution in [0.3, 0.4) is 0 Å². The van der Waals surface area contributed by atoms with E-state index in [1.165, 1.54) is 12.1 Å². The molecular formula is C16H15FO3. The summed E-state index contributed by atoms with van der Waals surface area (Å²) in [6.45, 7) is 3.91. The molecule has 2 rings (SSSR count). The molecule has 2 aromatic carbocycles. The van der Waals surface area contributed by atoms with Crippen LogP contribution in [0.2, 0.25) is 0 Å². The van der Waals surface area contributed by atoms with E-state index in [4.69, 9.17) is 9.47 Å². The molecule has 0 heterocycles. The van der Waals surface area contributed by atoms with Crippen molar-refractivity contribution in [1.82, 2.24) is 0 Å². The predicted octanol–water partition coefficient (Wildman–Crippen LogP) is 4.10. The van der Waals surface area contributed by atoms with Crippen LogP contribution < -0.4 is 4.74 Å². The first kappa shape index (κ1) is 14.1. The number of aryl methyl sites for hydroxylation is 1. The Morgan fingerprint density at radius 1 is 1.15 bits per heavy atom. The Morgan fingerprint density at radius 2 is 1.85 bits per heavy atom. The minimum Gasteiger partial charge on any atom is -0.462 e. The van der Waals surface area contributed by atoms with Gasteiger partial charge in [0.25, 0.3) is 0 Å². The van der Waals surface area contributed by atoms with E-state index in [2.05, 4.69) is 0 Å². The molecule has 0 fully saturated rings. The molecular weight excluding hydrogens is 259 g/mol. The maximum absolute atomic E-state index is 13.9. The molecule has 0 saturated carbocycles. The van der Waals surface area contributed by atoms with Crippen LogP contribution in [0.15, 0.2) is 42.5 Å². The first-order valence-electron chi connectivity index (χ1n) is 6.31. The molecule has 0 radical (unpaired) electrons. The van der Waals surface area contributed by atoms with Gasteiger partial charge in [0.05, 0.1) is 12.2 Å². The fourth-order valence-corrected chi connectivity index (χ4v) is 1.66. The first-order chi connectivity index (χ1) is 9.60. The molecule has 20 heavy (non-hydrogen) atoms. The van der Waals surface area contributed by atoms with E-state index in [1.54, 1.807) is 19.1 Å². The summed E-state index contributed by atoms with van der Waals surface area (Å²) in [5.74, 6) is -0.537. The monoisotopic (exact) mass is 274 g/mol. The molecule has 0 N–H and O–H groups in total. The summed E-state index contributed by atoms with van der Waals surface area (Å²) in [5.41, 5.74) is 1.26. The lowest BCUT2D eigenvalue weighted by Gasteiger charge is -2.08. The van der Waals surface area contributed by atoms with Gasteiger partial charge in [-0.25, -0.2) is 9.18 Å². The van der Waals surface area contributed by atoms with Crippen molar-refractivity contribution in [1.29, 1.82) is 0 Å². The van der Waals surface area contributed by atoms with Crippen LogP contribution in [-0.4, -0.2) is 12.6 Å². The maximum Gasteiger partial charge on any atom is 0.338 e. The van der Waals surface area contributed by atoms with Crippen molar-refractivity contribution in [2.75, 3.05) is 6.61 Å². The van der Waals surface area contributed by atoms with E-state index in [0.29, 0.717) is 5.75 Å². The number of rotatable bonds is 4. The normalized spacial score (nSPS) is 10.2. The zero-order chi connectivity index (χ0) is 14.5. The molecule has 0 unspecified atom stereocenters. The summed E-state index contributed by atoms with van der Waals surface area (Å²) in [6.07, 6.45) is 0. The number of ether oxygens (including phenoxy) is 2. The Morgan fingerprint density at radius 3 is 2.45 bits per heavy atom. The summed E-state index contributed by atoms with van der Waals surface area (Å²) in [4.78, 5) is 11.5. The van der Waals surface area contributed by atoms with Gasteiger partial charge in [0.1, 0.15) is 5.75 Å². The number of benzene rings is 2. The topological polar surface area (TPSA) is 35.5 Å². The van der Waals surface area contributed by atoms with Gasteiger partial charge in [-0.15, -0.1) is 0 Å². The van der Waals surface area contributed by atoms with Gasteiger partial charge in [0.15, 0.2) is 11.6 Å². The fourth-order valence-electron chi connectivity index (χ4n) is 1.66. The number of carbonyl (C=O) groups excluding carboxylic acids is 1. The summed E-state index contributed by atoms with van der Waals surface area (Å²) in [6, 6.07) is 11.3. The van der Waals surface area contributed by atoms with E-state index in [1.807, 2.05) is 19.1 Å². The second kappa shape index (κ2) is 6.19. The molecule has 0 atom stereocenters. The highest BCUT2D eigenvalue weighted by Gasteiger charge is 2.11. The van der Waals surface area contributed by atoms with Crippen LogP contribution >= 0.6 is 0 Å². The van der Waals surface area contributed by atoms with Crippen molar-refractivity contribution in [2.24, 2.45) is 0 Å².